The molecule has 0 aliphatic rings. The quantitative estimate of drug-likeness (QED) is 0.632. The van der Waals surface area contributed by atoms with Crippen LogP contribution in [0.4, 0.5) is 20.2 Å². The Morgan fingerprint density at radius 1 is 1.09 bits per heavy atom. The zero-order chi connectivity index (χ0) is 17.4. The van der Waals surface area contributed by atoms with Gasteiger partial charge in [0, 0.05) is 24.7 Å². The average Bonchev–Trinajstić information content (AvgIpc) is 2.49. The fourth-order valence-corrected chi connectivity index (χ4v) is 3.13. The fourth-order valence-electron chi connectivity index (χ4n) is 1.92. The monoisotopic (exact) mass is 342 g/mol. The molecule has 0 aliphatic carbocycles. The van der Waals surface area contributed by atoms with Crippen LogP contribution in [0.15, 0.2) is 41.3 Å². The Morgan fingerprint density at radius 3 is 2.30 bits per heavy atom. The molecule has 0 spiro atoms. The number of rotatable bonds is 4. The van der Waals surface area contributed by atoms with E-state index in [9.17, 15) is 27.3 Å². The van der Waals surface area contributed by atoms with E-state index < -0.39 is 26.6 Å². The summed E-state index contributed by atoms with van der Waals surface area (Å²) in [4.78, 5) is 9.92. The van der Waals surface area contributed by atoms with Crippen LogP contribution >= 0.6 is 0 Å². The third-order valence-electron chi connectivity index (χ3n) is 3.30. The number of halogens is 2. The molecule has 0 radical (unpaired) electrons. The summed E-state index contributed by atoms with van der Waals surface area (Å²) in [6, 6.07) is 6.08. The van der Waals surface area contributed by atoms with E-state index >= 15 is 0 Å². The Balaban J connectivity index is 2.51. The number of nitrogens with zero attached hydrogens (tertiary/aromatic N) is 2. The summed E-state index contributed by atoms with van der Waals surface area (Å²) in [7, 11) is -3.01. The maximum absolute atomic E-state index is 13.3. The molecule has 0 atom stereocenters. The van der Waals surface area contributed by atoms with E-state index in [1.54, 1.807) is 0 Å². The molecule has 0 fully saturated rings. The van der Waals surface area contributed by atoms with Crippen molar-refractivity contribution in [3.63, 3.8) is 0 Å². The van der Waals surface area contributed by atoms with Gasteiger partial charge in [-0.05, 0) is 25.1 Å². The summed E-state index contributed by atoms with van der Waals surface area (Å²) in [5.74, 6) is -2.30. The molecular formula is C14H12F2N2O4S. The summed E-state index contributed by atoms with van der Waals surface area (Å²) >= 11 is 0. The highest BCUT2D eigenvalue weighted by molar-refractivity contribution is 7.92. The van der Waals surface area contributed by atoms with Crippen LogP contribution in [0.2, 0.25) is 0 Å². The van der Waals surface area contributed by atoms with Gasteiger partial charge in [-0.3, -0.25) is 14.4 Å². The van der Waals surface area contributed by atoms with Crippen molar-refractivity contribution >= 4 is 21.4 Å². The molecule has 0 amide bonds. The topological polar surface area (TPSA) is 80.5 Å². The minimum atomic E-state index is -4.15. The first-order valence-corrected chi connectivity index (χ1v) is 7.77. The lowest BCUT2D eigenvalue weighted by Crippen LogP contribution is -2.26. The van der Waals surface area contributed by atoms with Crippen LogP contribution in [0, 0.1) is 28.7 Å². The predicted molar refractivity (Wildman–Crippen MR) is 79.8 cm³/mol. The Labute approximate surface area is 131 Å². The number of anilines is 1. The molecule has 9 heteroatoms. The Hall–Kier alpha value is -2.55. The van der Waals surface area contributed by atoms with Crippen LogP contribution in [-0.2, 0) is 10.0 Å². The second-order valence-electron chi connectivity index (χ2n) is 4.78. The average molecular weight is 342 g/mol. The number of nitro groups is 1. The van der Waals surface area contributed by atoms with Gasteiger partial charge in [0.25, 0.3) is 15.7 Å². The second-order valence-corrected chi connectivity index (χ2v) is 6.75. The largest absolute Gasteiger partial charge is 0.273 e. The van der Waals surface area contributed by atoms with E-state index in [1.807, 2.05) is 0 Å². The van der Waals surface area contributed by atoms with Crippen molar-refractivity contribution in [3.05, 3.63) is 63.7 Å². The molecule has 0 heterocycles. The van der Waals surface area contributed by atoms with Crippen molar-refractivity contribution in [1.29, 1.82) is 0 Å². The molecule has 0 aliphatic heterocycles. The van der Waals surface area contributed by atoms with Crippen LogP contribution in [-0.4, -0.2) is 20.4 Å². The van der Waals surface area contributed by atoms with E-state index in [0.29, 0.717) is 5.56 Å². The minimum Gasteiger partial charge on any atom is -0.269 e. The first-order valence-electron chi connectivity index (χ1n) is 6.33. The Kier molecular flexibility index (Phi) is 4.33. The number of nitro benzene ring substituents is 1. The van der Waals surface area contributed by atoms with Crippen molar-refractivity contribution < 1.29 is 22.1 Å². The molecule has 2 rings (SSSR count). The molecule has 2 aromatic rings. The van der Waals surface area contributed by atoms with Crippen molar-refractivity contribution in [2.45, 2.75) is 11.8 Å². The Morgan fingerprint density at radius 2 is 1.74 bits per heavy atom. The summed E-state index contributed by atoms with van der Waals surface area (Å²) in [6.45, 7) is 1.48. The molecule has 0 N–H and O–H groups in total. The van der Waals surface area contributed by atoms with Crippen LogP contribution in [0.3, 0.4) is 0 Å². The predicted octanol–water partition coefficient (Wildman–Crippen LogP) is 3.01. The lowest BCUT2D eigenvalue weighted by atomic mass is 10.2. The van der Waals surface area contributed by atoms with Crippen molar-refractivity contribution in [1.82, 2.24) is 0 Å². The van der Waals surface area contributed by atoms with Gasteiger partial charge in [0.2, 0.25) is 0 Å². The number of sulfonamides is 1. The van der Waals surface area contributed by atoms with Gasteiger partial charge in [0.05, 0.1) is 15.5 Å². The molecule has 0 aromatic heterocycles. The normalized spacial score (nSPS) is 11.3. The van der Waals surface area contributed by atoms with E-state index in [4.69, 9.17) is 0 Å². The molecule has 0 saturated heterocycles. The van der Waals surface area contributed by atoms with Crippen molar-refractivity contribution in [2.24, 2.45) is 0 Å². The van der Waals surface area contributed by atoms with Crippen molar-refractivity contribution in [2.75, 3.05) is 11.4 Å². The Bertz CT molecular complexity index is 884. The first-order chi connectivity index (χ1) is 10.6. The van der Waals surface area contributed by atoms with Gasteiger partial charge in [0.15, 0.2) is 11.6 Å². The first kappa shape index (κ1) is 16.8. The van der Waals surface area contributed by atoms with Crippen LogP contribution in [0.25, 0.3) is 0 Å². The van der Waals surface area contributed by atoms with Gasteiger partial charge in [-0.1, -0.05) is 6.07 Å². The third-order valence-corrected chi connectivity index (χ3v) is 5.08. The smallest absolute Gasteiger partial charge is 0.269 e. The molecule has 122 valence electrons. The molecule has 23 heavy (non-hydrogen) atoms. The SMILES string of the molecule is Cc1ccc(S(=O)(=O)N(C)c2ccc(F)c(F)c2)cc1[N+](=O)[O-]. The van der Waals surface area contributed by atoms with Gasteiger partial charge in [-0.15, -0.1) is 0 Å². The summed E-state index contributed by atoms with van der Waals surface area (Å²) in [5, 5.41) is 10.9. The van der Waals surface area contributed by atoms with Gasteiger partial charge < -0.3 is 0 Å². The summed E-state index contributed by atoms with van der Waals surface area (Å²) in [6.07, 6.45) is 0. The van der Waals surface area contributed by atoms with Crippen molar-refractivity contribution in [3.8, 4) is 0 Å². The maximum atomic E-state index is 13.3. The summed E-state index contributed by atoms with van der Waals surface area (Å²) in [5.41, 5.74) is -0.138. The fraction of sp³-hybridized carbons (Fsp3) is 0.143. The molecule has 6 nitrogen and oxygen atoms in total. The highest BCUT2D eigenvalue weighted by atomic mass is 32.2. The van der Waals surface area contributed by atoms with Gasteiger partial charge in [0.1, 0.15) is 0 Å². The third kappa shape index (κ3) is 3.14. The number of benzene rings is 2. The highest BCUT2D eigenvalue weighted by Crippen LogP contribution is 2.27. The molecule has 0 bridgehead atoms. The molecule has 2 aromatic carbocycles. The summed E-state index contributed by atoms with van der Waals surface area (Å²) < 4.78 is 51.9. The zero-order valence-electron chi connectivity index (χ0n) is 12.2. The minimum absolute atomic E-state index is 0.105. The maximum Gasteiger partial charge on any atom is 0.273 e. The number of hydrogen-bond donors (Lipinski definition) is 0. The second kappa shape index (κ2) is 5.92. The van der Waals surface area contributed by atoms with E-state index in [-0.39, 0.29) is 16.3 Å². The zero-order valence-corrected chi connectivity index (χ0v) is 13.0. The van der Waals surface area contributed by atoms with Crippen LogP contribution in [0.1, 0.15) is 5.56 Å². The van der Waals surface area contributed by atoms with Crippen LogP contribution in [0.5, 0.6) is 0 Å². The number of hydrogen-bond acceptors (Lipinski definition) is 4. The lowest BCUT2D eigenvalue weighted by Gasteiger charge is -2.19. The molecule has 0 saturated carbocycles. The van der Waals surface area contributed by atoms with Crippen LogP contribution < -0.4 is 4.31 Å². The highest BCUT2D eigenvalue weighted by Gasteiger charge is 2.25. The van der Waals surface area contributed by atoms with E-state index in [0.717, 1.165) is 35.6 Å². The standard InChI is InChI=1S/C14H12F2N2O4S/c1-9-3-5-11(8-14(9)18(19)20)23(21,22)17(2)10-4-6-12(15)13(16)7-10/h3-8H,1-2H3. The number of aryl methyl sites for hydroxylation is 1. The molecular weight excluding hydrogens is 330 g/mol. The van der Waals surface area contributed by atoms with E-state index in [2.05, 4.69) is 0 Å². The van der Waals surface area contributed by atoms with E-state index in [1.165, 1.54) is 19.1 Å². The van der Waals surface area contributed by atoms with Gasteiger partial charge in [-0.25, -0.2) is 17.2 Å². The molecule has 0 unspecified atom stereocenters. The lowest BCUT2D eigenvalue weighted by molar-refractivity contribution is -0.385. The van der Waals surface area contributed by atoms with Gasteiger partial charge >= 0.3 is 0 Å². The van der Waals surface area contributed by atoms with Gasteiger partial charge in [-0.2, -0.15) is 0 Å².